The van der Waals surface area contributed by atoms with Crippen LogP contribution in [0.2, 0.25) is 10.0 Å². The first-order chi connectivity index (χ1) is 11.8. The molecule has 2 aromatic carbocycles. The highest BCUT2D eigenvalue weighted by Gasteiger charge is 2.12. The standard InChI is InChI=1S/C17H16Cl2N2O3S/c1-9(2)24-12-5-3-10(4-6-12)16(23)21-17(25)20-14-8-11(18)7-13(19)15(14)22/h3-9,22H,1-2H3,(H2,20,21,23,25). The molecule has 0 aliphatic carbocycles. The number of thiocarbonyl (C=S) groups is 1. The number of anilines is 1. The average molecular weight is 399 g/mol. The van der Waals surface area contributed by atoms with Gasteiger partial charge in [0.25, 0.3) is 5.91 Å². The van der Waals surface area contributed by atoms with Gasteiger partial charge in [-0.2, -0.15) is 0 Å². The Balaban J connectivity index is 2.02. The van der Waals surface area contributed by atoms with Gasteiger partial charge in [-0.25, -0.2) is 0 Å². The molecule has 1 amide bonds. The number of aromatic hydroxyl groups is 1. The van der Waals surface area contributed by atoms with Gasteiger partial charge in [0.2, 0.25) is 0 Å². The monoisotopic (exact) mass is 398 g/mol. The molecule has 0 aliphatic heterocycles. The topological polar surface area (TPSA) is 70.6 Å². The fraction of sp³-hybridized carbons (Fsp3) is 0.176. The second kappa shape index (κ2) is 8.38. The van der Waals surface area contributed by atoms with Gasteiger partial charge >= 0.3 is 0 Å². The molecule has 8 heteroatoms. The summed E-state index contributed by atoms with van der Waals surface area (Å²) in [6, 6.07) is 9.50. The number of rotatable bonds is 4. The van der Waals surface area contributed by atoms with Crippen LogP contribution in [0.4, 0.5) is 5.69 Å². The molecule has 0 fully saturated rings. The molecule has 0 atom stereocenters. The normalized spacial score (nSPS) is 10.4. The van der Waals surface area contributed by atoms with Crippen molar-refractivity contribution in [3.8, 4) is 11.5 Å². The number of phenols is 1. The molecule has 0 spiro atoms. The van der Waals surface area contributed by atoms with E-state index in [0.29, 0.717) is 16.3 Å². The van der Waals surface area contributed by atoms with E-state index in [1.807, 2.05) is 13.8 Å². The van der Waals surface area contributed by atoms with Crippen LogP contribution in [-0.4, -0.2) is 22.2 Å². The third-order valence-electron chi connectivity index (χ3n) is 2.99. The van der Waals surface area contributed by atoms with Crippen LogP contribution in [0.5, 0.6) is 11.5 Å². The fourth-order valence-electron chi connectivity index (χ4n) is 1.95. The summed E-state index contributed by atoms with van der Waals surface area (Å²) in [5.41, 5.74) is 0.608. The van der Waals surface area contributed by atoms with E-state index in [4.69, 9.17) is 40.2 Å². The summed E-state index contributed by atoms with van der Waals surface area (Å²) >= 11 is 16.8. The lowest BCUT2D eigenvalue weighted by Crippen LogP contribution is -2.34. The van der Waals surface area contributed by atoms with Crippen molar-refractivity contribution in [2.24, 2.45) is 0 Å². The largest absolute Gasteiger partial charge is 0.504 e. The SMILES string of the molecule is CC(C)Oc1ccc(C(=O)NC(=S)Nc2cc(Cl)cc(Cl)c2O)cc1. The lowest BCUT2D eigenvalue weighted by atomic mass is 10.2. The van der Waals surface area contributed by atoms with Crippen LogP contribution in [-0.2, 0) is 0 Å². The van der Waals surface area contributed by atoms with Crippen molar-refractivity contribution >= 4 is 52.1 Å². The van der Waals surface area contributed by atoms with E-state index in [2.05, 4.69) is 10.6 Å². The van der Waals surface area contributed by atoms with Gasteiger partial charge < -0.3 is 15.2 Å². The highest BCUT2D eigenvalue weighted by atomic mass is 35.5. The van der Waals surface area contributed by atoms with Gasteiger partial charge in [0.05, 0.1) is 16.8 Å². The second-order valence-electron chi connectivity index (χ2n) is 5.38. The molecule has 0 saturated carbocycles. The Kier molecular flexibility index (Phi) is 6.47. The molecule has 132 valence electrons. The quantitative estimate of drug-likeness (QED) is 0.517. The van der Waals surface area contributed by atoms with Crippen LogP contribution in [0.3, 0.4) is 0 Å². The maximum absolute atomic E-state index is 12.2. The Hall–Kier alpha value is -2.02. The third-order valence-corrected chi connectivity index (χ3v) is 3.70. The first kappa shape index (κ1) is 19.3. The maximum atomic E-state index is 12.2. The van der Waals surface area contributed by atoms with Gasteiger partial charge in [-0.1, -0.05) is 23.2 Å². The van der Waals surface area contributed by atoms with Gasteiger partial charge in [0, 0.05) is 10.6 Å². The first-order valence-corrected chi connectivity index (χ1v) is 8.49. The molecule has 0 aromatic heterocycles. The minimum atomic E-state index is -0.402. The summed E-state index contributed by atoms with van der Waals surface area (Å²) < 4.78 is 5.52. The summed E-state index contributed by atoms with van der Waals surface area (Å²) in [4.78, 5) is 12.2. The van der Waals surface area contributed by atoms with Gasteiger partial charge in [-0.05, 0) is 62.5 Å². The number of carbonyl (C=O) groups excluding carboxylic acids is 1. The highest BCUT2D eigenvalue weighted by molar-refractivity contribution is 7.80. The fourth-order valence-corrected chi connectivity index (χ4v) is 2.64. The molecular formula is C17H16Cl2N2O3S. The first-order valence-electron chi connectivity index (χ1n) is 7.33. The van der Waals surface area contributed by atoms with Gasteiger partial charge in [0.15, 0.2) is 10.9 Å². The van der Waals surface area contributed by atoms with Crippen LogP contribution in [0.25, 0.3) is 0 Å². The number of amides is 1. The number of ether oxygens (including phenoxy) is 1. The maximum Gasteiger partial charge on any atom is 0.257 e. The van der Waals surface area contributed by atoms with Crippen LogP contribution in [0.1, 0.15) is 24.2 Å². The summed E-state index contributed by atoms with van der Waals surface area (Å²) in [7, 11) is 0. The van der Waals surface area contributed by atoms with Crippen molar-refractivity contribution in [3.63, 3.8) is 0 Å². The minimum absolute atomic E-state index is 0.00106. The van der Waals surface area contributed by atoms with E-state index < -0.39 is 5.91 Å². The molecule has 0 aliphatic rings. The number of benzene rings is 2. The number of hydrogen-bond acceptors (Lipinski definition) is 4. The molecule has 3 N–H and O–H groups in total. The lowest BCUT2D eigenvalue weighted by Gasteiger charge is -2.13. The number of carbonyl (C=O) groups is 1. The lowest BCUT2D eigenvalue weighted by molar-refractivity contribution is 0.0977. The number of nitrogens with one attached hydrogen (secondary N) is 2. The zero-order valence-electron chi connectivity index (χ0n) is 13.5. The summed E-state index contributed by atoms with van der Waals surface area (Å²) in [5, 5.41) is 15.5. The molecule has 25 heavy (non-hydrogen) atoms. The molecule has 0 radical (unpaired) electrons. The van der Waals surface area contributed by atoms with Gasteiger partial charge in [0.1, 0.15) is 5.75 Å². The molecule has 0 bridgehead atoms. The summed E-state index contributed by atoms with van der Waals surface area (Å²) in [5.74, 6) is 0.0600. The molecule has 0 heterocycles. The smallest absolute Gasteiger partial charge is 0.257 e. The third kappa shape index (κ3) is 5.49. The van der Waals surface area contributed by atoms with Crippen molar-refractivity contribution in [3.05, 3.63) is 52.0 Å². The molecular weight excluding hydrogens is 383 g/mol. The zero-order valence-corrected chi connectivity index (χ0v) is 15.8. The predicted octanol–water partition coefficient (Wildman–Crippen LogP) is 4.61. The van der Waals surface area contributed by atoms with E-state index in [9.17, 15) is 9.90 Å². The summed E-state index contributed by atoms with van der Waals surface area (Å²) in [6.07, 6.45) is 0.0497. The molecule has 2 rings (SSSR count). The van der Waals surface area contributed by atoms with Gasteiger partial charge in [-0.3, -0.25) is 10.1 Å². The van der Waals surface area contributed by atoms with Gasteiger partial charge in [-0.15, -0.1) is 0 Å². The minimum Gasteiger partial charge on any atom is -0.504 e. The van der Waals surface area contributed by atoms with Crippen LogP contribution in [0, 0.1) is 0 Å². The summed E-state index contributed by atoms with van der Waals surface area (Å²) in [6.45, 7) is 3.84. The van der Waals surface area contributed by atoms with Crippen molar-refractivity contribution < 1.29 is 14.6 Å². The average Bonchev–Trinajstić information content (AvgIpc) is 2.52. The second-order valence-corrected chi connectivity index (χ2v) is 6.63. The van der Waals surface area contributed by atoms with Crippen molar-refractivity contribution in [2.75, 3.05) is 5.32 Å². The Morgan fingerprint density at radius 1 is 1.20 bits per heavy atom. The van der Waals surface area contributed by atoms with E-state index in [1.165, 1.54) is 12.1 Å². The highest BCUT2D eigenvalue weighted by Crippen LogP contribution is 2.34. The van der Waals surface area contributed by atoms with Crippen molar-refractivity contribution in [1.82, 2.24) is 5.32 Å². The Bertz CT molecular complexity index is 795. The molecule has 0 unspecified atom stereocenters. The Morgan fingerprint density at radius 2 is 1.84 bits per heavy atom. The van der Waals surface area contributed by atoms with Crippen molar-refractivity contribution in [2.45, 2.75) is 20.0 Å². The molecule has 5 nitrogen and oxygen atoms in total. The van der Waals surface area contributed by atoms with E-state index in [1.54, 1.807) is 24.3 Å². The zero-order chi connectivity index (χ0) is 18.6. The van der Waals surface area contributed by atoms with E-state index >= 15 is 0 Å². The number of hydrogen-bond donors (Lipinski definition) is 3. The molecule has 0 saturated heterocycles. The number of phenolic OH excluding ortho intramolecular Hbond substituents is 1. The van der Waals surface area contributed by atoms with Crippen LogP contribution in [0.15, 0.2) is 36.4 Å². The van der Waals surface area contributed by atoms with E-state index in [0.717, 1.165) is 0 Å². The van der Waals surface area contributed by atoms with Crippen LogP contribution < -0.4 is 15.4 Å². The Labute approximate surface area is 160 Å². The van der Waals surface area contributed by atoms with E-state index in [-0.39, 0.29) is 27.7 Å². The van der Waals surface area contributed by atoms with Crippen molar-refractivity contribution in [1.29, 1.82) is 0 Å². The van der Waals surface area contributed by atoms with Crippen LogP contribution >= 0.6 is 35.4 Å². The Morgan fingerprint density at radius 3 is 2.44 bits per heavy atom. The molecule has 2 aromatic rings. The predicted molar refractivity (Wildman–Crippen MR) is 104 cm³/mol. The number of halogens is 2.